The number of hydrogen-bond donors (Lipinski definition) is 1. The number of carbonyl (C=O) groups is 1. The number of likely N-dealkylation sites (tertiary alicyclic amines) is 1. The standard InChI is InChI=1S/C18H20ClNO2.2C2H6/c1-3-6-14(11-13(2)21)18(20-10-5-9-17(20)22)15-7-4-8-16(19)12-15;2*1-2/h3-4,6-8,11-12,18,21H,1,5,9-10H2,2H3;2*1-2H3/b13-11+,14-6+;;. The molecule has 3 nitrogen and oxygen atoms in total. The lowest BCUT2D eigenvalue weighted by atomic mass is 9.96. The molecule has 1 aliphatic heterocycles. The first kappa shape index (κ1) is 24.0. The van der Waals surface area contributed by atoms with Crippen molar-refractivity contribution in [1.29, 1.82) is 0 Å². The Labute approximate surface area is 163 Å². The van der Waals surface area contributed by atoms with Gasteiger partial charge in [-0.15, -0.1) is 0 Å². The number of benzene rings is 1. The first-order valence-electron chi connectivity index (χ1n) is 9.27. The maximum atomic E-state index is 12.2. The molecule has 0 bridgehead atoms. The quantitative estimate of drug-likeness (QED) is 0.462. The van der Waals surface area contributed by atoms with Crippen molar-refractivity contribution >= 4 is 17.5 Å². The molecule has 0 spiro atoms. The summed E-state index contributed by atoms with van der Waals surface area (Å²) in [5.41, 5.74) is 1.74. The van der Waals surface area contributed by atoms with Crippen LogP contribution in [0.15, 0.2) is 60.4 Å². The van der Waals surface area contributed by atoms with E-state index in [-0.39, 0.29) is 17.7 Å². The molecule has 26 heavy (non-hydrogen) atoms. The molecule has 1 heterocycles. The van der Waals surface area contributed by atoms with Crippen LogP contribution in [0.1, 0.15) is 59.1 Å². The highest BCUT2D eigenvalue weighted by Gasteiger charge is 2.30. The van der Waals surface area contributed by atoms with Crippen molar-refractivity contribution in [1.82, 2.24) is 4.90 Å². The van der Waals surface area contributed by atoms with Crippen LogP contribution in [0.4, 0.5) is 0 Å². The van der Waals surface area contributed by atoms with Gasteiger partial charge in [-0.1, -0.05) is 70.2 Å². The van der Waals surface area contributed by atoms with Crippen LogP contribution in [0.25, 0.3) is 0 Å². The highest BCUT2D eigenvalue weighted by molar-refractivity contribution is 6.30. The predicted octanol–water partition coefficient (Wildman–Crippen LogP) is 6.63. The van der Waals surface area contributed by atoms with E-state index in [0.29, 0.717) is 18.0 Å². The van der Waals surface area contributed by atoms with E-state index in [1.54, 1.807) is 25.1 Å². The van der Waals surface area contributed by atoms with E-state index in [1.165, 1.54) is 0 Å². The van der Waals surface area contributed by atoms with Crippen molar-refractivity contribution in [3.05, 3.63) is 71.0 Å². The number of amides is 1. The fraction of sp³-hybridized carbons (Fsp3) is 0.409. The Balaban J connectivity index is 0.00000146. The maximum absolute atomic E-state index is 12.2. The molecule has 0 saturated carbocycles. The van der Waals surface area contributed by atoms with Gasteiger partial charge in [-0.05, 0) is 42.7 Å². The van der Waals surface area contributed by atoms with Crippen LogP contribution in [0.2, 0.25) is 5.02 Å². The lowest BCUT2D eigenvalue weighted by Crippen LogP contribution is -2.31. The van der Waals surface area contributed by atoms with Gasteiger partial charge in [0.1, 0.15) is 0 Å². The summed E-state index contributed by atoms with van der Waals surface area (Å²) in [5, 5.41) is 10.3. The van der Waals surface area contributed by atoms with Gasteiger partial charge in [0.15, 0.2) is 0 Å². The van der Waals surface area contributed by atoms with E-state index in [0.717, 1.165) is 17.6 Å². The van der Waals surface area contributed by atoms with E-state index in [2.05, 4.69) is 6.58 Å². The van der Waals surface area contributed by atoms with Crippen molar-refractivity contribution in [2.24, 2.45) is 0 Å². The lowest BCUT2D eigenvalue weighted by Gasteiger charge is -2.29. The molecule has 0 radical (unpaired) electrons. The van der Waals surface area contributed by atoms with E-state index < -0.39 is 0 Å². The molecule has 1 N–H and O–H groups in total. The zero-order valence-electron chi connectivity index (χ0n) is 16.6. The number of rotatable bonds is 5. The molecular formula is C22H32ClNO2. The van der Waals surface area contributed by atoms with Crippen molar-refractivity contribution in [2.45, 2.75) is 53.5 Å². The molecule has 1 atom stereocenters. The Hall–Kier alpha value is -2.00. The summed E-state index contributed by atoms with van der Waals surface area (Å²) >= 11 is 6.11. The highest BCUT2D eigenvalue weighted by Crippen LogP contribution is 2.34. The first-order chi connectivity index (χ1) is 12.5. The number of aliphatic hydroxyl groups is 1. The van der Waals surface area contributed by atoms with Gasteiger partial charge in [0.2, 0.25) is 5.91 Å². The molecule has 1 aromatic rings. The van der Waals surface area contributed by atoms with Gasteiger partial charge in [0, 0.05) is 18.0 Å². The van der Waals surface area contributed by atoms with E-state index in [4.69, 9.17) is 11.6 Å². The number of allylic oxidation sites excluding steroid dienone is 3. The Kier molecular flexibility index (Phi) is 12.2. The summed E-state index contributed by atoms with van der Waals surface area (Å²) in [6, 6.07) is 7.20. The van der Waals surface area contributed by atoms with Gasteiger partial charge >= 0.3 is 0 Å². The van der Waals surface area contributed by atoms with Crippen LogP contribution >= 0.6 is 11.6 Å². The molecule has 144 valence electrons. The van der Waals surface area contributed by atoms with Gasteiger partial charge in [-0.3, -0.25) is 4.79 Å². The molecule has 1 aromatic carbocycles. The Morgan fingerprint density at radius 1 is 1.31 bits per heavy atom. The fourth-order valence-electron chi connectivity index (χ4n) is 2.77. The van der Waals surface area contributed by atoms with Crippen LogP contribution in [0.3, 0.4) is 0 Å². The van der Waals surface area contributed by atoms with Crippen LogP contribution in [-0.2, 0) is 4.79 Å². The SMILES string of the molecule is C=C/C=C(\C=C(/C)O)C(c1cccc(Cl)c1)N1CCCC1=O.CC.CC. The summed E-state index contributed by atoms with van der Waals surface area (Å²) in [7, 11) is 0. The Bertz CT molecular complexity index is 631. The van der Waals surface area contributed by atoms with Gasteiger partial charge in [-0.25, -0.2) is 0 Å². The summed E-state index contributed by atoms with van der Waals surface area (Å²) in [6.45, 7) is 14.0. The van der Waals surface area contributed by atoms with E-state index in [9.17, 15) is 9.90 Å². The van der Waals surface area contributed by atoms with Crippen molar-refractivity contribution in [3.8, 4) is 0 Å². The lowest BCUT2D eigenvalue weighted by molar-refractivity contribution is -0.129. The van der Waals surface area contributed by atoms with Crippen LogP contribution in [0.5, 0.6) is 0 Å². The summed E-state index contributed by atoms with van der Waals surface area (Å²) < 4.78 is 0. The van der Waals surface area contributed by atoms with Gasteiger partial charge in [0.05, 0.1) is 11.8 Å². The van der Waals surface area contributed by atoms with Crippen molar-refractivity contribution < 1.29 is 9.90 Å². The van der Waals surface area contributed by atoms with Gasteiger partial charge in [-0.2, -0.15) is 0 Å². The molecule has 1 aliphatic rings. The fourth-order valence-corrected chi connectivity index (χ4v) is 2.97. The molecule has 1 saturated heterocycles. The molecule has 1 fully saturated rings. The molecular weight excluding hydrogens is 346 g/mol. The van der Waals surface area contributed by atoms with Crippen LogP contribution in [0, 0.1) is 0 Å². The van der Waals surface area contributed by atoms with Crippen LogP contribution < -0.4 is 0 Å². The Morgan fingerprint density at radius 2 is 1.96 bits per heavy atom. The molecule has 0 aliphatic carbocycles. The topological polar surface area (TPSA) is 40.5 Å². The average Bonchev–Trinajstić information content (AvgIpc) is 3.04. The Morgan fingerprint density at radius 3 is 2.42 bits per heavy atom. The van der Waals surface area contributed by atoms with E-state index in [1.807, 2.05) is 56.9 Å². The number of hydrogen-bond acceptors (Lipinski definition) is 2. The van der Waals surface area contributed by atoms with Gasteiger partial charge < -0.3 is 10.0 Å². The monoisotopic (exact) mass is 377 g/mol. The smallest absolute Gasteiger partial charge is 0.223 e. The second-order valence-corrected chi connectivity index (χ2v) is 5.77. The van der Waals surface area contributed by atoms with E-state index >= 15 is 0 Å². The number of nitrogens with zero attached hydrogens (tertiary/aromatic N) is 1. The van der Waals surface area contributed by atoms with Crippen molar-refractivity contribution in [2.75, 3.05) is 6.54 Å². The predicted molar refractivity (Wildman–Crippen MR) is 113 cm³/mol. The third-order valence-electron chi connectivity index (χ3n) is 3.59. The van der Waals surface area contributed by atoms with Crippen LogP contribution in [-0.4, -0.2) is 22.5 Å². The zero-order chi connectivity index (χ0) is 20.1. The number of halogens is 1. The number of aliphatic hydroxyl groups excluding tert-OH is 1. The maximum Gasteiger partial charge on any atom is 0.223 e. The third-order valence-corrected chi connectivity index (χ3v) is 3.82. The minimum absolute atomic E-state index is 0.115. The second kappa shape index (κ2) is 13.2. The average molecular weight is 378 g/mol. The third kappa shape index (κ3) is 7.09. The molecule has 0 aromatic heterocycles. The normalized spacial score (nSPS) is 15.5. The van der Waals surface area contributed by atoms with Gasteiger partial charge in [0.25, 0.3) is 0 Å². The highest BCUT2D eigenvalue weighted by atomic mass is 35.5. The second-order valence-electron chi connectivity index (χ2n) is 5.34. The summed E-state index contributed by atoms with van der Waals surface area (Å²) in [5.74, 6) is 0.302. The largest absolute Gasteiger partial charge is 0.513 e. The minimum atomic E-state index is -0.270. The van der Waals surface area contributed by atoms with Crippen molar-refractivity contribution in [3.63, 3.8) is 0 Å². The summed E-state index contributed by atoms with van der Waals surface area (Å²) in [6.07, 6.45) is 6.54. The molecule has 1 amide bonds. The molecule has 4 heteroatoms. The molecule has 1 unspecified atom stereocenters. The first-order valence-corrected chi connectivity index (χ1v) is 9.65. The minimum Gasteiger partial charge on any atom is -0.513 e. The summed E-state index contributed by atoms with van der Waals surface area (Å²) in [4.78, 5) is 14.1. The zero-order valence-corrected chi connectivity index (χ0v) is 17.4. The molecule has 2 rings (SSSR count). The number of carbonyl (C=O) groups excluding carboxylic acids is 1.